The van der Waals surface area contributed by atoms with Crippen LogP contribution in [0, 0.1) is 6.92 Å². The van der Waals surface area contributed by atoms with Gasteiger partial charge in [0, 0.05) is 19.3 Å². The normalized spacial score (nSPS) is 20.4. The third kappa shape index (κ3) is 2.42. The first kappa shape index (κ1) is 12.4. The van der Waals surface area contributed by atoms with Gasteiger partial charge in [-0.1, -0.05) is 6.07 Å². The molecular weight excluding hydrogens is 238 g/mol. The zero-order chi connectivity index (χ0) is 13.2. The first-order valence-corrected chi connectivity index (χ1v) is 7.01. The molecule has 1 aliphatic rings. The number of anilines is 1. The van der Waals surface area contributed by atoms with Crippen LogP contribution in [0.5, 0.6) is 0 Å². The van der Waals surface area contributed by atoms with E-state index in [9.17, 15) is 0 Å². The lowest BCUT2D eigenvalue weighted by molar-refractivity contribution is 0.558. The summed E-state index contributed by atoms with van der Waals surface area (Å²) in [5, 5.41) is 8.04. The van der Waals surface area contributed by atoms with E-state index in [0.29, 0.717) is 6.04 Å². The molecule has 1 N–H and O–H groups in total. The maximum Gasteiger partial charge on any atom is 0.245 e. The van der Waals surface area contributed by atoms with Crippen molar-refractivity contribution in [3.63, 3.8) is 0 Å². The summed E-state index contributed by atoms with van der Waals surface area (Å²) in [7, 11) is 2.11. The van der Waals surface area contributed by atoms with E-state index in [1.54, 1.807) is 0 Å². The standard InChI is InChI=1S/C14H21N5/c1-11-5-4-10-19-13(11)16-14(17-19)18(2)12-6-3-8-15-9-7-12/h4-5,10,12,15H,3,6-9H2,1-2H3. The number of nitrogens with one attached hydrogen (secondary N) is 1. The zero-order valence-corrected chi connectivity index (χ0v) is 11.6. The lowest BCUT2D eigenvalue weighted by Crippen LogP contribution is -2.33. The van der Waals surface area contributed by atoms with E-state index >= 15 is 0 Å². The van der Waals surface area contributed by atoms with Crippen molar-refractivity contribution in [2.75, 3.05) is 25.0 Å². The Morgan fingerprint density at radius 1 is 1.37 bits per heavy atom. The zero-order valence-electron chi connectivity index (χ0n) is 11.6. The van der Waals surface area contributed by atoms with Crippen molar-refractivity contribution in [2.45, 2.75) is 32.2 Å². The molecule has 0 bridgehead atoms. The predicted molar refractivity (Wildman–Crippen MR) is 76.6 cm³/mol. The molecule has 0 aromatic carbocycles. The fourth-order valence-electron chi connectivity index (χ4n) is 2.73. The van der Waals surface area contributed by atoms with Gasteiger partial charge in [0.05, 0.1) is 0 Å². The van der Waals surface area contributed by atoms with Gasteiger partial charge in [0.25, 0.3) is 0 Å². The minimum absolute atomic E-state index is 0.535. The topological polar surface area (TPSA) is 45.5 Å². The molecule has 3 heterocycles. The van der Waals surface area contributed by atoms with E-state index in [2.05, 4.69) is 40.3 Å². The summed E-state index contributed by atoms with van der Waals surface area (Å²) in [6.45, 7) is 4.28. The summed E-state index contributed by atoms with van der Waals surface area (Å²) in [6.07, 6.45) is 5.55. The molecule has 0 spiro atoms. The molecule has 0 aliphatic carbocycles. The Labute approximate surface area is 113 Å². The Balaban J connectivity index is 1.88. The smallest absolute Gasteiger partial charge is 0.245 e. The van der Waals surface area contributed by atoms with Gasteiger partial charge >= 0.3 is 0 Å². The molecule has 1 atom stereocenters. The number of aromatic nitrogens is 3. The van der Waals surface area contributed by atoms with E-state index in [1.165, 1.54) is 12.8 Å². The molecule has 5 nitrogen and oxygen atoms in total. The molecular formula is C14H21N5. The second-order valence-electron chi connectivity index (χ2n) is 5.32. The second-order valence-corrected chi connectivity index (χ2v) is 5.32. The van der Waals surface area contributed by atoms with E-state index < -0.39 is 0 Å². The van der Waals surface area contributed by atoms with Gasteiger partial charge < -0.3 is 10.2 Å². The second kappa shape index (κ2) is 5.17. The van der Waals surface area contributed by atoms with Crippen LogP contribution in [0.4, 0.5) is 5.95 Å². The molecule has 2 aromatic rings. The summed E-state index contributed by atoms with van der Waals surface area (Å²) in [6, 6.07) is 4.62. The summed E-state index contributed by atoms with van der Waals surface area (Å²) >= 11 is 0. The Bertz CT molecular complexity index is 554. The van der Waals surface area contributed by atoms with E-state index in [-0.39, 0.29) is 0 Å². The van der Waals surface area contributed by atoms with Crippen molar-refractivity contribution in [3.8, 4) is 0 Å². The Morgan fingerprint density at radius 2 is 2.26 bits per heavy atom. The van der Waals surface area contributed by atoms with Crippen LogP contribution in [-0.2, 0) is 0 Å². The lowest BCUT2D eigenvalue weighted by atomic mass is 10.1. The van der Waals surface area contributed by atoms with Crippen LogP contribution >= 0.6 is 0 Å². The number of aryl methyl sites for hydroxylation is 1. The highest BCUT2D eigenvalue weighted by Crippen LogP contribution is 2.19. The molecule has 5 heteroatoms. The number of rotatable bonds is 2. The van der Waals surface area contributed by atoms with Crippen LogP contribution in [0.1, 0.15) is 24.8 Å². The highest BCUT2D eigenvalue weighted by atomic mass is 15.4. The number of pyridine rings is 1. The van der Waals surface area contributed by atoms with Crippen molar-refractivity contribution in [3.05, 3.63) is 23.9 Å². The fourth-order valence-corrected chi connectivity index (χ4v) is 2.73. The molecule has 1 saturated heterocycles. The number of hydrogen-bond donors (Lipinski definition) is 1. The Kier molecular flexibility index (Phi) is 3.38. The van der Waals surface area contributed by atoms with Gasteiger partial charge in [0.1, 0.15) is 0 Å². The van der Waals surface area contributed by atoms with Gasteiger partial charge in [-0.3, -0.25) is 0 Å². The quantitative estimate of drug-likeness (QED) is 0.890. The van der Waals surface area contributed by atoms with Crippen molar-refractivity contribution in [1.29, 1.82) is 0 Å². The molecule has 0 amide bonds. The largest absolute Gasteiger partial charge is 0.340 e. The lowest BCUT2D eigenvalue weighted by Gasteiger charge is -2.25. The van der Waals surface area contributed by atoms with Crippen molar-refractivity contribution in [2.24, 2.45) is 0 Å². The van der Waals surface area contributed by atoms with E-state index in [4.69, 9.17) is 0 Å². The first-order valence-electron chi connectivity index (χ1n) is 7.01. The van der Waals surface area contributed by atoms with Gasteiger partial charge in [-0.2, -0.15) is 4.98 Å². The van der Waals surface area contributed by atoms with Gasteiger partial charge in [0.2, 0.25) is 5.95 Å². The van der Waals surface area contributed by atoms with Crippen LogP contribution in [0.15, 0.2) is 18.3 Å². The molecule has 1 fully saturated rings. The Morgan fingerprint density at radius 3 is 3.11 bits per heavy atom. The Hall–Kier alpha value is -1.62. The van der Waals surface area contributed by atoms with E-state index in [1.807, 2.05) is 16.8 Å². The summed E-state index contributed by atoms with van der Waals surface area (Å²) in [5.74, 6) is 0.834. The van der Waals surface area contributed by atoms with Crippen LogP contribution in [0.25, 0.3) is 5.65 Å². The maximum atomic E-state index is 4.68. The summed E-state index contributed by atoms with van der Waals surface area (Å²) < 4.78 is 1.87. The first-order chi connectivity index (χ1) is 9.25. The van der Waals surface area contributed by atoms with Gasteiger partial charge in [-0.25, -0.2) is 4.52 Å². The SMILES string of the molecule is Cc1cccn2nc(N(C)C3CCCNCC3)nc12. The van der Waals surface area contributed by atoms with Gasteiger partial charge in [-0.05, 0) is 50.9 Å². The molecule has 0 saturated carbocycles. The number of nitrogens with zero attached hydrogens (tertiary/aromatic N) is 4. The van der Waals surface area contributed by atoms with E-state index in [0.717, 1.165) is 36.7 Å². The fraction of sp³-hybridized carbons (Fsp3) is 0.571. The number of fused-ring (bicyclic) bond motifs is 1. The van der Waals surface area contributed by atoms with Crippen LogP contribution in [0.2, 0.25) is 0 Å². The van der Waals surface area contributed by atoms with Gasteiger partial charge in [0.15, 0.2) is 5.65 Å². The number of hydrogen-bond acceptors (Lipinski definition) is 4. The highest BCUT2D eigenvalue weighted by Gasteiger charge is 2.20. The summed E-state index contributed by atoms with van der Waals surface area (Å²) in [4.78, 5) is 6.91. The van der Waals surface area contributed by atoms with Crippen molar-refractivity contribution < 1.29 is 0 Å². The third-order valence-corrected chi connectivity index (χ3v) is 3.95. The minimum atomic E-state index is 0.535. The molecule has 19 heavy (non-hydrogen) atoms. The highest BCUT2D eigenvalue weighted by molar-refractivity contribution is 5.50. The maximum absolute atomic E-state index is 4.68. The van der Waals surface area contributed by atoms with Crippen LogP contribution in [-0.4, -0.2) is 40.8 Å². The average molecular weight is 259 g/mol. The molecule has 1 aliphatic heterocycles. The summed E-state index contributed by atoms with van der Waals surface area (Å²) in [5.41, 5.74) is 2.12. The van der Waals surface area contributed by atoms with Crippen LogP contribution < -0.4 is 10.2 Å². The monoisotopic (exact) mass is 259 g/mol. The van der Waals surface area contributed by atoms with Gasteiger partial charge in [-0.15, -0.1) is 5.10 Å². The molecule has 2 aromatic heterocycles. The van der Waals surface area contributed by atoms with Crippen molar-refractivity contribution in [1.82, 2.24) is 19.9 Å². The molecule has 1 unspecified atom stereocenters. The molecule has 3 rings (SSSR count). The third-order valence-electron chi connectivity index (χ3n) is 3.95. The minimum Gasteiger partial charge on any atom is -0.340 e. The van der Waals surface area contributed by atoms with Crippen LogP contribution in [0.3, 0.4) is 0 Å². The molecule has 0 radical (unpaired) electrons. The predicted octanol–water partition coefficient (Wildman–Crippen LogP) is 1.62. The molecule has 102 valence electrons. The average Bonchev–Trinajstić information content (AvgIpc) is 2.67. The van der Waals surface area contributed by atoms with Crippen molar-refractivity contribution >= 4 is 11.6 Å².